The van der Waals surface area contributed by atoms with E-state index in [-0.39, 0.29) is 0 Å². The van der Waals surface area contributed by atoms with Crippen LogP contribution in [0, 0.1) is 19.3 Å². The molecule has 1 saturated heterocycles. The molecule has 1 aliphatic rings. The standard InChI is InChI=1S/C15H24ClN3/c1-5-15(6-2)7-9-19(10-8-15)14-12(4)11(3)13(16)17-18-14/h5-10H2,1-4H3. The molecule has 1 aliphatic heterocycles. The Morgan fingerprint density at radius 3 is 2.16 bits per heavy atom. The van der Waals surface area contributed by atoms with Crippen LogP contribution in [-0.4, -0.2) is 23.3 Å². The van der Waals surface area contributed by atoms with E-state index in [1.807, 2.05) is 6.92 Å². The van der Waals surface area contributed by atoms with E-state index in [0.29, 0.717) is 10.6 Å². The molecule has 0 aromatic carbocycles. The van der Waals surface area contributed by atoms with E-state index in [0.717, 1.165) is 24.5 Å². The fourth-order valence-electron chi connectivity index (χ4n) is 3.01. The van der Waals surface area contributed by atoms with E-state index < -0.39 is 0 Å². The minimum atomic E-state index is 0.523. The maximum atomic E-state index is 6.02. The Morgan fingerprint density at radius 2 is 1.63 bits per heavy atom. The van der Waals surface area contributed by atoms with Crippen LogP contribution in [0.5, 0.6) is 0 Å². The Bertz CT molecular complexity index is 445. The molecule has 3 nitrogen and oxygen atoms in total. The summed E-state index contributed by atoms with van der Waals surface area (Å²) in [6, 6.07) is 0. The highest BCUT2D eigenvalue weighted by molar-refractivity contribution is 6.30. The minimum Gasteiger partial charge on any atom is -0.355 e. The molecule has 1 aromatic rings. The first-order valence-electron chi connectivity index (χ1n) is 7.27. The summed E-state index contributed by atoms with van der Waals surface area (Å²) >= 11 is 6.02. The molecule has 106 valence electrons. The number of rotatable bonds is 3. The molecule has 0 unspecified atom stereocenters. The van der Waals surface area contributed by atoms with Crippen LogP contribution in [0.3, 0.4) is 0 Å². The molecular weight excluding hydrogens is 258 g/mol. The summed E-state index contributed by atoms with van der Waals surface area (Å²) in [4.78, 5) is 2.37. The Hall–Kier alpha value is -0.830. The normalized spacial score (nSPS) is 18.7. The van der Waals surface area contributed by atoms with Crippen LogP contribution < -0.4 is 4.90 Å². The molecule has 1 aromatic heterocycles. The van der Waals surface area contributed by atoms with Gasteiger partial charge < -0.3 is 4.90 Å². The van der Waals surface area contributed by atoms with E-state index >= 15 is 0 Å². The lowest BCUT2D eigenvalue weighted by atomic mass is 9.74. The SMILES string of the molecule is CCC1(CC)CCN(c2nnc(Cl)c(C)c2C)CC1. The summed E-state index contributed by atoms with van der Waals surface area (Å²) < 4.78 is 0. The van der Waals surface area contributed by atoms with Crippen molar-refractivity contribution in [3.8, 4) is 0 Å². The fraction of sp³-hybridized carbons (Fsp3) is 0.733. The number of aromatic nitrogens is 2. The lowest BCUT2D eigenvalue weighted by Crippen LogP contribution is -2.40. The van der Waals surface area contributed by atoms with Gasteiger partial charge in [-0.25, -0.2) is 0 Å². The van der Waals surface area contributed by atoms with E-state index in [2.05, 4.69) is 35.9 Å². The highest BCUT2D eigenvalue weighted by atomic mass is 35.5. The number of halogens is 1. The molecule has 0 spiro atoms. The first-order chi connectivity index (χ1) is 9.03. The average molecular weight is 282 g/mol. The van der Waals surface area contributed by atoms with E-state index in [1.165, 1.54) is 31.2 Å². The zero-order valence-electron chi connectivity index (χ0n) is 12.5. The molecule has 19 heavy (non-hydrogen) atoms. The van der Waals surface area contributed by atoms with Gasteiger partial charge in [0.25, 0.3) is 0 Å². The average Bonchev–Trinajstić information content (AvgIpc) is 2.45. The second kappa shape index (κ2) is 5.66. The predicted molar refractivity (Wildman–Crippen MR) is 81.0 cm³/mol. The second-order valence-electron chi connectivity index (χ2n) is 5.76. The van der Waals surface area contributed by atoms with Crippen molar-refractivity contribution in [2.45, 2.75) is 53.4 Å². The Morgan fingerprint density at radius 1 is 1.05 bits per heavy atom. The Kier molecular flexibility index (Phi) is 4.34. The number of nitrogens with zero attached hydrogens (tertiary/aromatic N) is 3. The summed E-state index contributed by atoms with van der Waals surface area (Å²) in [6.45, 7) is 10.9. The summed E-state index contributed by atoms with van der Waals surface area (Å²) in [6.07, 6.45) is 5.06. The van der Waals surface area contributed by atoms with Crippen molar-refractivity contribution in [1.29, 1.82) is 0 Å². The van der Waals surface area contributed by atoms with Crippen molar-refractivity contribution >= 4 is 17.4 Å². The van der Waals surface area contributed by atoms with Crippen LogP contribution in [0.4, 0.5) is 5.82 Å². The van der Waals surface area contributed by atoms with Crippen molar-refractivity contribution < 1.29 is 0 Å². The Labute approximate surface area is 121 Å². The summed E-state index contributed by atoms with van der Waals surface area (Å²) in [5.41, 5.74) is 2.76. The molecule has 0 amide bonds. The predicted octanol–water partition coefficient (Wildman–Crippen LogP) is 4.15. The van der Waals surface area contributed by atoms with Gasteiger partial charge in [-0.05, 0) is 43.2 Å². The van der Waals surface area contributed by atoms with E-state index in [1.54, 1.807) is 0 Å². The molecule has 4 heteroatoms. The van der Waals surface area contributed by atoms with Crippen molar-refractivity contribution in [1.82, 2.24) is 10.2 Å². The zero-order chi connectivity index (χ0) is 14.0. The summed E-state index contributed by atoms with van der Waals surface area (Å²) in [7, 11) is 0. The smallest absolute Gasteiger partial charge is 0.155 e. The third-order valence-corrected chi connectivity index (χ3v) is 5.42. The topological polar surface area (TPSA) is 29.0 Å². The first kappa shape index (κ1) is 14.6. The van der Waals surface area contributed by atoms with Crippen molar-refractivity contribution in [3.63, 3.8) is 0 Å². The molecule has 0 saturated carbocycles. The van der Waals surface area contributed by atoms with Gasteiger partial charge in [0.15, 0.2) is 11.0 Å². The van der Waals surface area contributed by atoms with Crippen molar-refractivity contribution in [3.05, 3.63) is 16.3 Å². The monoisotopic (exact) mass is 281 g/mol. The molecule has 0 aliphatic carbocycles. The zero-order valence-corrected chi connectivity index (χ0v) is 13.2. The van der Waals surface area contributed by atoms with Gasteiger partial charge >= 0.3 is 0 Å². The van der Waals surface area contributed by atoms with E-state index in [9.17, 15) is 0 Å². The minimum absolute atomic E-state index is 0.523. The highest BCUT2D eigenvalue weighted by Crippen LogP contribution is 2.39. The van der Waals surface area contributed by atoms with Crippen LogP contribution >= 0.6 is 11.6 Å². The molecule has 0 N–H and O–H groups in total. The molecule has 0 bridgehead atoms. The lowest BCUT2D eigenvalue weighted by Gasteiger charge is -2.41. The molecule has 0 atom stereocenters. The van der Waals surface area contributed by atoms with Crippen LogP contribution in [0.2, 0.25) is 5.15 Å². The third kappa shape index (κ3) is 2.71. The van der Waals surface area contributed by atoms with Gasteiger partial charge in [0, 0.05) is 13.1 Å². The molecule has 2 heterocycles. The maximum absolute atomic E-state index is 6.02. The number of hydrogen-bond acceptors (Lipinski definition) is 3. The number of hydrogen-bond donors (Lipinski definition) is 0. The number of anilines is 1. The quantitative estimate of drug-likeness (QED) is 0.833. The van der Waals surface area contributed by atoms with Gasteiger partial charge in [-0.1, -0.05) is 38.3 Å². The third-order valence-electron chi connectivity index (χ3n) is 5.06. The molecule has 1 fully saturated rings. The van der Waals surface area contributed by atoms with Gasteiger partial charge in [-0.15, -0.1) is 10.2 Å². The van der Waals surface area contributed by atoms with Gasteiger partial charge in [0.1, 0.15) is 0 Å². The Balaban J connectivity index is 2.16. The fourth-order valence-corrected chi connectivity index (χ4v) is 3.19. The largest absolute Gasteiger partial charge is 0.355 e. The van der Waals surface area contributed by atoms with Crippen LogP contribution in [-0.2, 0) is 0 Å². The highest BCUT2D eigenvalue weighted by Gasteiger charge is 2.32. The van der Waals surface area contributed by atoms with Crippen LogP contribution in [0.25, 0.3) is 0 Å². The maximum Gasteiger partial charge on any atom is 0.155 e. The second-order valence-corrected chi connectivity index (χ2v) is 6.12. The summed E-state index contributed by atoms with van der Waals surface area (Å²) in [5, 5.41) is 8.89. The van der Waals surface area contributed by atoms with Gasteiger partial charge in [0.05, 0.1) is 0 Å². The first-order valence-corrected chi connectivity index (χ1v) is 7.65. The molecular formula is C15H24ClN3. The molecule has 2 rings (SSSR count). The van der Waals surface area contributed by atoms with Gasteiger partial charge in [-0.3, -0.25) is 0 Å². The van der Waals surface area contributed by atoms with Gasteiger partial charge in [0.2, 0.25) is 0 Å². The molecule has 0 radical (unpaired) electrons. The van der Waals surface area contributed by atoms with Crippen molar-refractivity contribution in [2.75, 3.05) is 18.0 Å². The lowest BCUT2D eigenvalue weighted by molar-refractivity contribution is 0.199. The van der Waals surface area contributed by atoms with Crippen molar-refractivity contribution in [2.24, 2.45) is 5.41 Å². The van der Waals surface area contributed by atoms with Crippen LogP contribution in [0.1, 0.15) is 50.7 Å². The van der Waals surface area contributed by atoms with E-state index in [4.69, 9.17) is 11.6 Å². The summed E-state index contributed by atoms with van der Waals surface area (Å²) in [5.74, 6) is 1.02. The van der Waals surface area contributed by atoms with Crippen LogP contribution in [0.15, 0.2) is 0 Å². The number of piperidine rings is 1. The van der Waals surface area contributed by atoms with Gasteiger partial charge in [-0.2, -0.15) is 0 Å².